The molecule has 6 nitrogen and oxygen atoms in total. The lowest BCUT2D eigenvalue weighted by atomic mass is 10.2. The molecular formula is C15H10Cl2F3NO5S. The number of halogens is 5. The Balaban J connectivity index is 2.31. The number of benzene rings is 2. The molecule has 27 heavy (non-hydrogen) atoms. The van der Waals surface area contributed by atoms with Gasteiger partial charge in [-0.3, -0.25) is 4.79 Å². The van der Waals surface area contributed by atoms with Gasteiger partial charge in [-0.05, 0) is 18.2 Å². The Morgan fingerprint density at radius 1 is 1.11 bits per heavy atom. The second kappa shape index (κ2) is 8.24. The predicted molar refractivity (Wildman–Crippen MR) is 91.9 cm³/mol. The first-order valence-electron chi connectivity index (χ1n) is 6.89. The molecule has 0 unspecified atom stereocenters. The third-order valence-corrected chi connectivity index (χ3v) is 4.05. The van der Waals surface area contributed by atoms with Gasteiger partial charge in [0.2, 0.25) is 10.0 Å². The van der Waals surface area contributed by atoms with E-state index in [4.69, 9.17) is 27.9 Å². The zero-order chi connectivity index (χ0) is 20.4. The number of carbonyl (C=O) groups is 1. The van der Waals surface area contributed by atoms with Crippen LogP contribution in [0.3, 0.4) is 0 Å². The Kier molecular flexibility index (Phi) is 6.45. The second-order valence-corrected chi connectivity index (χ2v) is 7.60. The molecule has 0 heterocycles. The zero-order valence-corrected chi connectivity index (χ0v) is 15.6. The van der Waals surface area contributed by atoms with Gasteiger partial charge in [0.15, 0.2) is 0 Å². The van der Waals surface area contributed by atoms with Crippen molar-refractivity contribution < 1.29 is 35.9 Å². The quantitative estimate of drug-likeness (QED) is 0.722. The van der Waals surface area contributed by atoms with Gasteiger partial charge >= 0.3 is 6.61 Å². The summed E-state index contributed by atoms with van der Waals surface area (Å²) in [6, 6.07) is 5.14. The fraction of sp³-hybridized carbons (Fsp3) is 0.133. The smallest absolute Gasteiger partial charge is 0.387 e. The van der Waals surface area contributed by atoms with Crippen LogP contribution >= 0.6 is 23.2 Å². The monoisotopic (exact) mass is 443 g/mol. The van der Waals surface area contributed by atoms with E-state index in [9.17, 15) is 26.4 Å². The summed E-state index contributed by atoms with van der Waals surface area (Å²) in [4.78, 5) is 11.8. The van der Waals surface area contributed by atoms with E-state index in [2.05, 4.69) is 4.74 Å². The van der Waals surface area contributed by atoms with Gasteiger partial charge < -0.3 is 9.47 Å². The van der Waals surface area contributed by atoms with E-state index in [0.717, 1.165) is 24.5 Å². The number of nitrogens with one attached hydrogen (secondary N) is 1. The van der Waals surface area contributed by atoms with Crippen molar-refractivity contribution in [1.29, 1.82) is 0 Å². The zero-order valence-electron chi connectivity index (χ0n) is 13.3. The number of hydrogen-bond acceptors (Lipinski definition) is 5. The second-order valence-electron chi connectivity index (χ2n) is 5.04. The molecule has 2 aromatic rings. The van der Waals surface area contributed by atoms with Crippen LogP contribution < -0.4 is 14.2 Å². The summed E-state index contributed by atoms with van der Waals surface area (Å²) in [6.07, 6.45) is 0.724. The van der Waals surface area contributed by atoms with E-state index in [1.807, 2.05) is 0 Å². The van der Waals surface area contributed by atoms with Crippen LogP contribution in [-0.4, -0.2) is 27.2 Å². The van der Waals surface area contributed by atoms with E-state index >= 15 is 0 Å². The Bertz CT molecular complexity index is 986. The molecule has 0 spiro atoms. The van der Waals surface area contributed by atoms with Crippen molar-refractivity contribution in [1.82, 2.24) is 4.72 Å². The van der Waals surface area contributed by atoms with Crippen molar-refractivity contribution in [3.63, 3.8) is 0 Å². The van der Waals surface area contributed by atoms with Crippen molar-refractivity contribution in [3.8, 4) is 17.2 Å². The highest BCUT2D eigenvalue weighted by Gasteiger charge is 2.19. The van der Waals surface area contributed by atoms with Gasteiger partial charge in [0.25, 0.3) is 5.91 Å². The third kappa shape index (κ3) is 5.91. The van der Waals surface area contributed by atoms with Crippen LogP contribution in [0.15, 0.2) is 30.3 Å². The molecule has 0 aliphatic carbocycles. The standard InChI is InChI=1S/C15H10Cl2F3NO5S/c1-27(23,24)21-14(22)8-5-10(17)13(6-11(8)18)25-7-2-3-9(16)12(4-7)26-15(19)20/h2-6,15H,1H3,(H,21,22). The molecule has 0 saturated heterocycles. The van der Waals surface area contributed by atoms with Crippen LogP contribution in [0.4, 0.5) is 13.2 Å². The van der Waals surface area contributed by atoms with Crippen molar-refractivity contribution in [3.05, 3.63) is 51.8 Å². The van der Waals surface area contributed by atoms with Gasteiger partial charge in [-0.15, -0.1) is 0 Å². The van der Waals surface area contributed by atoms with Crippen LogP contribution in [0, 0.1) is 5.82 Å². The van der Waals surface area contributed by atoms with Gasteiger partial charge in [-0.2, -0.15) is 8.78 Å². The molecule has 0 aliphatic heterocycles. The number of ether oxygens (including phenoxy) is 2. The maximum Gasteiger partial charge on any atom is 0.387 e. The minimum atomic E-state index is -3.91. The number of amides is 1. The van der Waals surface area contributed by atoms with Crippen LogP contribution in [0.2, 0.25) is 10.0 Å². The summed E-state index contributed by atoms with van der Waals surface area (Å²) in [7, 11) is -3.91. The molecule has 0 atom stereocenters. The van der Waals surface area contributed by atoms with Crippen LogP contribution in [0.5, 0.6) is 17.2 Å². The lowest BCUT2D eigenvalue weighted by molar-refractivity contribution is -0.0498. The van der Waals surface area contributed by atoms with E-state index in [-0.39, 0.29) is 27.3 Å². The first-order chi connectivity index (χ1) is 12.5. The molecule has 0 bridgehead atoms. The molecule has 2 rings (SSSR count). The fourth-order valence-corrected chi connectivity index (χ4v) is 2.68. The maximum absolute atomic E-state index is 14.1. The van der Waals surface area contributed by atoms with Crippen molar-refractivity contribution >= 4 is 39.1 Å². The number of rotatable bonds is 6. The third-order valence-electron chi connectivity index (χ3n) is 2.89. The Hall–Kier alpha value is -2.17. The molecule has 12 heteroatoms. The first kappa shape index (κ1) is 21.1. The largest absolute Gasteiger partial charge is 0.456 e. The van der Waals surface area contributed by atoms with Gasteiger partial charge in [-0.25, -0.2) is 17.5 Å². The van der Waals surface area contributed by atoms with E-state index in [1.165, 1.54) is 12.1 Å². The number of alkyl halides is 2. The molecule has 0 radical (unpaired) electrons. The van der Waals surface area contributed by atoms with Crippen molar-refractivity contribution in [2.45, 2.75) is 6.61 Å². The summed E-state index contributed by atoms with van der Waals surface area (Å²) in [5, 5.41) is -0.339. The van der Waals surface area contributed by atoms with Crippen LogP contribution in [0.1, 0.15) is 10.4 Å². The highest BCUT2D eigenvalue weighted by Crippen LogP contribution is 2.36. The van der Waals surface area contributed by atoms with Crippen molar-refractivity contribution in [2.75, 3.05) is 6.26 Å². The minimum Gasteiger partial charge on any atom is -0.456 e. The minimum absolute atomic E-state index is 0.0512. The van der Waals surface area contributed by atoms with E-state index in [0.29, 0.717) is 0 Å². The lowest BCUT2D eigenvalue weighted by Crippen LogP contribution is -2.30. The predicted octanol–water partition coefficient (Wildman–Crippen LogP) is 4.22. The molecule has 0 aromatic heterocycles. The van der Waals surface area contributed by atoms with Gasteiger partial charge in [0.05, 0.1) is 21.9 Å². The molecule has 1 amide bonds. The molecular weight excluding hydrogens is 434 g/mol. The first-order valence-corrected chi connectivity index (χ1v) is 9.54. The summed E-state index contributed by atoms with van der Waals surface area (Å²) in [5.41, 5.74) is -0.629. The fourth-order valence-electron chi connectivity index (χ4n) is 1.86. The van der Waals surface area contributed by atoms with Crippen LogP contribution in [0.25, 0.3) is 0 Å². The van der Waals surface area contributed by atoms with Crippen LogP contribution in [-0.2, 0) is 10.0 Å². The van der Waals surface area contributed by atoms with Gasteiger partial charge in [0.1, 0.15) is 23.1 Å². The molecule has 146 valence electrons. The highest BCUT2D eigenvalue weighted by molar-refractivity contribution is 7.89. The molecule has 0 aliphatic rings. The Morgan fingerprint density at radius 3 is 2.37 bits per heavy atom. The van der Waals surface area contributed by atoms with Gasteiger partial charge in [0, 0.05) is 12.1 Å². The number of sulfonamides is 1. The Morgan fingerprint density at radius 2 is 1.78 bits per heavy atom. The molecule has 1 N–H and O–H groups in total. The lowest BCUT2D eigenvalue weighted by Gasteiger charge is -2.12. The van der Waals surface area contributed by atoms with E-state index < -0.39 is 33.9 Å². The number of hydrogen-bond donors (Lipinski definition) is 1. The van der Waals surface area contributed by atoms with Crippen molar-refractivity contribution in [2.24, 2.45) is 0 Å². The molecule has 2 aromatic carbocycles. The number of carbonyl (C=O) groups excluding carboxylic acids is 1. The SMILES string of the molecule is CS(=O)(=O)NC(=O)c1cc(Cl)c(Oc2ccc(Cl)c(OC(F)F)c2)cc1F. The average Bonchev–Trinajstić information content (AvgIpc) is 2.51. The summed E-state index contributed by atoms with van der Waals surface area (Å²) < 4.78 is 72.1. The normalized spacial score (nSPS) is 11.4. The Labute approximate surface area is 161 Å². The summed E-state index contributed by atoms with van der Waals surface area (Å²) in [5.74, 6) is -3.01. The van der Waals surface area contributed by atoms with Gasteiger partial charge in [-0.1, -0.05) is 23.2 Å². The maximum atomic E-state index is 14.1. The summed E-state index contributed by atoms with van der Waals surface area (Å²) >= 11 is 11.6. The molecule has 0 fully saturated rings. The summed E-state index contributed by atoms with van der Waals surface area (Å²) in [6.45, 7) is -3.12. The topological polar surface area (TPSA) is 81.7 Å². The average molecular weight is 444 g/mol. The van der Waals surface area contributed by atoms with E-state index in [1.54, 1.807) is 4.72 Å². The molecule has 0 saturated carbocycles. The highest BCUT2D eigenvalue weighted by atomic mass is 35.5.